The molecule has 1 fully saturated rings. The number of hydrogen-bond acceptors (Lipinski definition) is 5. The van der Waals surface area contributed by atoms with Crippen molar-refractivity contribution in [3.8, 4) is 0 Å². The summed E-state index contributed by atoms with van der Waals surface area (Å²) < 4.78 is 48.3. The molecule has 0 unspecified atom stereocenters. The van der Waals surface area contributed by atoms with Gasteiger partial charge in [-0.3, -0.25) is 4.79 Å². The van der Waals surface area contributed by atoms with Crippen molar-refractivity contribution in [3.63, 3.8) is 0 Å². The third-order valence-electron chi connectivity index (χ3n) is 3.27. The number of carboxylic acids is 1. The minimum atomic E-state index is -4.01. The van der Waals surface area contributed by atoms with E-state index in [-0.39, 0.29) is 29.3 Å². The summed E-state index contributed by atoms with van der Waals surface area (Å²) in [5, 5.41) is 13.9. The standard InChI is InChI=1S/C11H14N2O6S2/c12-20(16,17)9-2-1-3-10(6-9)21(18,19)13-5-4-8(7-13)11(14)15/h1-3,6,8H,4-5,7H2,(H,14,15)(H2,12,16,17)/t8-/m1/s1. The number of carboxylic acid groups (broad SMARTS) is 1. The van der Waals surface area contributed by atoms with Crippen molar-refractivity contribution in [1.29, 1.82) is 0 Å². The number of benzene rings is 1. The number of primary sulfonamides is 1. The molecule has 0 amide bonds. The molecule has 1 heterocycles. The highest BCUT2D eigenvalue weighted by atomic mass is 32.2. The van der Waals surface area contributed by atoms with Gasteiger partial charge in [0.2, 0.25) is 20.0 Å². The maximum Gasteiger partial charge on any atom is 0.307 e. The van der Waals surface area contributed by atoms with E-state index in [9.17, 15) is 21.6 Å². The molecular weight excluding hydrogens is 320 g/mol. The molecule has 10 heteroatoms. The minimum absolute atomic E-state index is 0.0822. The first-order valence-electron chi connectivity index (χ1n) is 5.98. The molecule has 2 rings (SSSR count). The summed E-state index contributed by atoms with van der Waals surface area (Å²) in [5.74, 6) is -1.80. The molecule has 1 saturated heterocycles. The van der Waals surface area contributed by atoms with Crippen LogP contribution in [0.3, 0.4) is 0 Å². The Morgan fingerprint density at radius 3 is 2.38 bits per heavy atom. The van der Waals surface area contributed by atoms with Gasteiger partial charge in [-0.15, -0.1) is 0 Å². The van der Waals surface area contributed by atoms with Gasteiger partial charge in [-0.05, 0) is 24.6 Å². The zero-order chi connectivity index (χ0) is 15.8. The zero-order valence-corrected chi connectivity index (χ0v) is 12.5. The molecule has 1 atom stereocenters. The van der Waals surface area contributed by atoms with Crippen molar-refractivity contribution in [2.75, 3.05) is 13.1 Å². The summed E-state index contributed by atoms with van der Waals surface area (Å²) in [5.41, 5.74) is 0. The number of nitrogens with zero attached hydrogens (tertiary/aromatic N) is 1. The van der Waals surface area contributed by atoms with Gasteiger partial charge in [0.15, 0.2) is 0 Å². The van der Waals surface area contributed by atoms with E-state index >= 15 is 0 Å². The highest BCUT2D eigenvalue weighted by molar-refractivity contribution is 7.90. The van der Waals surface area contributed by atoms with Crippen molar-refractivity contribution >= 4 is 26.0 Å². The van der Waals surface area contributed by atoms with E-state index in [1.165, 1.54) is 18.2 Å². The lowest BCUT2D eigenvalue weighted by molar-refractivity contribution is -0.141. The number of carbonyl (C=O) groups is 1. The SMILES string of the molecule is NS(=O)(=O)c1cccc(S(=O)(=O)N2CC[C@@H](C(=O)O)C2)c1. The first-order chi connectivity index (χ1) is 9.62. The van der Waals surface area contributed by atoms with Crippen LogP contribution in [0.2, 0.25) is 0 Å². The summed E-state index contributed by atoms with van der Waals surface area (Å²) in [7, 11) is -7.95. The van der Waals surface area contributed by atoms with E-state index in [2.05, 4.69) is 0 Å². The Bertz CT molecular complexity index is 772. The Kier molecular flexibility index (Phi) is 4.06. The molecular formula is C11H14N2O6S2. The molecule has 1 aromatic rings. The smallest absolute Gasteiger partial charge is 0.307 e. The summed E-state index contributed by atoms with van der Waals surface area (Å²) in [6, 6.07) is 4.69. The lowest BCUT2D eigenvalue weighted by Crippen LogP contribution is -2.30. The van der Waals surface area contributed by atoms with Crippen LogP contribution in [0.15, 0.2) is 34.1 Å². The molecule has 0 aromatic heterocycles. The first kappa shape index (κ1) is 15.9. The van der Waals surface area contributed by atoms with Crippen molar-refractivity contribution in [3.05, 3.63) is 24.3 Å². The average Bonchev–Trinajstić information content (AvgIpc) is 2.88. The van der Waals surface area contributed by atoms with E-state index in [0.29, 0.717) is 0 Å². The number of rotatable bonds is 4. The van der Waals surface area contributed by atoms with Crippen molar-refractivity contribution in [2.45, 2.75) is 16.2 Å². The van der Waals surface area contributed by atoms with Gasteiger partial charge in [0.25, 0.3) is 0 Å². The summed E-state index contributed by atoms with van der Waals surface area (Å²) >= 11 is 0. The highest BCUT2D eigenvalue weighted by Crippen LogP contribution is 2.25. The van der Waals surface area contributed by atoms with Gasteiger partial charge in [-0.25, -0.2) is 22.0 Å². The second-order valence-corrected chi connectivity index (χ2v) is 8.21. The van der Waals surface area contributed by atoms with Gasteiger partial charge >= 0.3 is 5.97 Å². The van der Waals surface area contributed by atoms with Gasteiger partial charge in [-0.2, -0.15) is 4.31 Å². The van der Waals surface area contributed by atoms with Crippen LogP contribution in [0.5, 0.6) is 0 Å². The van der Waals surface area contributed by atoms with E-state index < -0.39 is 31.9 Å². The lowest BCUT2D eigenvalue weighted by atomic mass is 10.1. The molecule has 21 heavy (non-hydrogen) atoms. The summed E-state index contributed by atoms with van der Waals surface area (Å²) in [6.45, 7) is -0.0455. The van der Waals surface area contributed by atoms with Crippen LogP contribution >= 0.6 is 0 Å². The normalized spacial score (nSPS) is 20.5. The van der Waals surface area contributed by atoms with Gasteiger partial charge < -0.3 is 5.11 Å². The van der Waals surface area contributed by atoms with Gasteiger partial charge in [0.1, 0.15) is 0 Å². The second-order valence-electron chi connectivity index (χ2n) is 4.71. The summed E-state index contributed by atoms with van der Waals surface area (Å²) in [4.78, 5) is 10.3. The van der Waals surface area contributed by atoms with Crippen LogP contribution in [0.4, 0.5) is 0 Å². The predicted molar refractivity (Wildman–Crippen MR) is 72.3 cm³/mol. The van der Waals surface area contributed by atoms with Crippen molar-refractivity contribution in [2.24, 2.45) is 11.1 Å². The quantitative estimate of drug-likeness (QED) is 0.757. The van der Waals surface area contributed by atoms with Crippen LogP contribution in [0, 0.1) is 5.92 Å². The molecule has 3 N–H and O–H groups in total. The molecule has 0 bridgehead atoms. The Balaban J connectivity index is 2.35. The fraction of sp³-hybridized carbons (Fsp3) is 0.364. The minimum Gasteiger partial charge on any atom is -0.481 e. The Morgan fingerprint density at radius 1 is 1.24 bits per heavy atom. The van der Waals surface area contributed by atoms with E-state index in [0.717, 1.165) is 10.4 Å². The number of nitrogens with two attached hydrogens (primary N) is 1. The average molecular weight is 334 g/mol. The van der Waals surface area contributed by atoms with Crippen LogP contribution in [0.1, 0.15) is 6.42 Å². The van der Waals surface area contributed by atoms with E-state index in [1.54, 1.807) is 0 Å². The number of hydrogen-bond donors (Lipinski definition) is 2. The monoisotopic (exact) mass is 334 g/mol. The molecule has 1 aliphatic heterocycles. The van der Waals surface area contributed by atoms with Crippen LogP contribution < -0.4 is 5.14 Å². The van der Waals surface area contributed by atoms with E-state index in [1.807, 2.05) is 0 Å². The Hall–Kier alpha value is -1.49. The van der Waals surface area contributed by atoms with Crippen LogP contribution in [-0.2, 0) is 24.8 Å². The maximum absolute atomic E-state index is 12.4. The zero-order valence-electron chi connectivity index (χ0n) is 10.8. The molecule has 1 aliphatic rings. The fourth-order valence-electron chi connectivity index (χ4n) is 2.11. The van der Waals surface area contributed by atoms with Crippen molar-refractivity contribution in [1.82, 2.24) is 4.31 Å². The third kappa shape index (κ3) is 3.23. The van der Waals surface area contributed by atoms with Crippen LogP contribution in [-0.4, -0.2) is 45.3 Å². The Morgan fingerprint density at radius 2 is 1.86 bits per heavy atom. The molecule has 0 spiro atoms. The predicted octanol–water partition coefficient (Wildman–Crippen LogP) is -0.571. The molecule has 8 nitrogen and oxygen atoms in total. The first-order valence-corrected chi connectivity index (χ1v) is 8.97. The van der Waals surface area contributed by atoms with Crippen LogP contribution in [0.25, 0.3) is 0 Å². The van der Waals surface area contributed by atoms with Gasteiger partial charge in [0.05, 0.1) is 15.7 Å². The van der Waals surface area contributed by atoms with E-state index in [4.69, 9.17) is 10.2 Å². The van der Waals surface area contributed by atoms with Gasteiger partial charge in [-0.1, -0.05) is 6.07 Å². The fourth-order valence-corrected chi connectivity index (χ4v) is 4.29. The molecule has 116 valence electrons. The highest BCUT2D eigenvalue weighted by Gasteiger charge is 2.36. The maximum atomic E-state index is 12.4. The second kappa shape index (κ2) is 5.37. The largest absolute Gasteiger partial charge is 0.481 e. The number of aliphatic carboxylic acids is 1. The summed E-state index contributed by atoms with van der Waals surface area (Å²) in [6.07, 6.45) is 0.226. The molecule has 0 aliphatic carbocycles. The Labute approximate surface area is 122 Å². The molecule has 0 saturated carbocycles. The molecule has 0 radical (unpaired) electrons. The number of sulfonamides is 2. The lowest BCUT2D eigenvalue weighted by Gasteiger charge is -2.16. The molecule has 1 aromatic carbocycles. The third-order valence-corrected chi connectivity index (χ3v) is 6.04. The van der Waals surface area contributed by atoms with Crippen molar-refractivity contribution < 1.29 is 26.7 Å². The van der Waals surface area contributed by atoms with Gasteiger partial charge in [0, 0.05) is 13.1 Å². The topological polar surface area (TPSA) is 135 Å².